The molecule has 2 rings (SSSR count). The molecule has 0 radical (unpaired) electrons. The SMILES string of the molecule is CC1C=CC(COC(O)N2CCC(=O)CC2)=CC1. The van der Waals surface area contributed by atoms with Gasteiger partial charge in [0.25, 0.3) is 0 Å². The third-order valence-corrected chi connectivity index (χ3v) is 3.46. The number of aliphatic hydroxyl groups excluding tert-OH is 1. The first-order valence-corrected chi connectivity index (χ1v) is 6.58. The summed E-state index contributed by atoms with van der Waals surface area (Å²) in [6, 6.07) is 0. The first kappa shape index (κ1) is 13.5. The van der Waals surface area contributed by atoms with Gasteiger partial charge in [-0.25, -0.2) is 0 Å². The minimum absolute atomic E-state index is 0.269. The van der Waals surface area contributed by atoms with Crippen molar-refractivity contribution in [3.05, 3.63) is 23.8 Å². The number of ether oxygens (including phenoxy) is 1. The highest BCUT2D eigenvalue weighted by Gasteiger charge is 2.22. The van der Waals surface area contributed by atoms with Gasteiger partial charge in [-0.1, -0.05) is 25.2 Å². The Balaban J connectivity index is 1.73. The van der Waals surface area contributed by atoms with Crippen LogP contribution in [0, 0.1) is 5.92 Å². The van der Waals surface area contributed by atoms with E-state index in [-0.39, 0.29) is 5.78 Å². The molecule has 2 aliphatic rings. The zero-order valence-electron chi connectivity index (χ0n) is 10.8. The molecule has 1 aliphatic heterocycles. The second-order valence-corrected chi connectivity index (χ2v) is 5.06. The zero-order chi connectivity index (χ0) is 13.0. The monoisotopic (exact) mass is 251 g/mol. The van der Waals surface area contributed by atoms with E-state index in [1.807, 2.05) is 0 Å². The van der Waals surface area contributed by atoms with Crippen molar-refractivity contribution in [2.75, 3.05) is 19.7 Å². The van der Waals surface area contributed by atoms with Gasteiger partial charge < -0.3 is 9.84 Å². The summed E-state index contributed by atoms with van der Waals surface area (Å²) in [6.07, 6.45) is 7.53. The van der Waals surface area contributed by atoms with E-state index in [4.69, 9.17) is 4.74 Å². The van der Waals surface area contributed by atoms with Gasteiger partial charge in [0.2, 0.25) is 6.41 Å². The number of piperidine rings is 1. The Bertz CT molecular complexity index is 352. The minimum Gasteiger partial charge on any atom is -0.356 e. The highest BCUT2D eigenvalue weighted by molar-refractivity contribution is 5.79. The number of ketones is 1. The molecule has 2 unspecified atom stereocenters. The summed E-state index contributed by atoms with van der Waals surface area (Å²) in [6.45, 7) is 3.77. The number of carbonyl (C=O) groups is 1. The first-order valence-electron chi connectivity index (χ1n) is 6.58. The van der Waals surface area contributed by atoms with Crippen molar-refractivity contribution < 1.29 is 14.6 Å². The Kier molecular flexibility index (Phi) is 4.69. The fourth-order valence-corrected chi connectivity index (χ4v) is 2.15. The molecular weight excluding hydrogens is 230 g/mol. The highest BCUT2D eigenvalue weighted by atomic mass is 16.6. The van der Waals surface area contributed by atoms with Gasteiger partial charge in [-0.2, -0.15) is 0 Å². The molecule has 0 aromatic heterocycles. The lowest BCUT2D eigenvalue weighted by atomic mass is 9.99. The minimum atomic E-state index is -0.897. The highest BCUT2D eigenvalue weighted by Crippen LogP contribution is 2.16. The van der Waals surface area contributed by atoms with E-state index in [9.17, 15) is 9.90 Å². The lowest BCUT2D eigenvalue weighted by molar-refractivity contribution is -0.191. The number of hydrogen-bond acceptors (Lipinski definition) is 4. The number of carbonyl (C=O) groups excluding carboxylic acids is 1. The van der Waals surface area contributed by atoms with Gasteiger partial charge in [0, 0.05) is 25.9 Å². The summed E-state index contributed by atoms with van der Waals surface area (Å²) in [5.74, 6) is 0.858. The zero-order valence-corrected chi connectivity index (χ0v) is 10.8. The second kappa shape index (κ2) is 6.27. The van der Waals surface area contributed by atoms with Crippen molar-refractivity contribution in [3.8, 4) is 0 Å². The largest absolute Gasteiger partial charge is 0.356 e. The summed E-state index contributed by atoms with van der Waals surface area (Å²) in [5, 5.41) is 9.88. The van der Waals surface area contributed by atoms with Crippen molar-refractivity contribution >= 4 is 5.78 Å². The van der Waals surface area contributed by atoms with Crippen LogP contribution in [0.3, 0.4) is 0 Å². The van der Waals surface area contributed by atoms with E-state index in [0.29, 0.717) is 38.5 Å². The Morgan fingerprint density at radius 3 is 2.83 bits per heavy atom. The molecule has 0 aromatic carbocycles. The number of likely N-dealkylation sites (tertiary alicyclic amines) is 1. The van der Waals surface area contributed by atoms with Gasteiger partial charge in [0.05, 0.1) is 6.61 Å². The molecule has 0 saturated carbocycles. The number of rotatable bonds is 4. The summed E-state index contributed by atoms with van der Waals surface area (Å²) in [4.78, 5) is 12.9. The van der Waals surface area contributed by atoms with E-state index >= 15 is 0 Å². The summed E-state index contributed by atoms with van der Waals surface area (Å²) >= 11 is 0. The average Bonchev–Trinajstić information content (AvgIpc) is 2.38. The topological polar surface area (TPSA) is 49.8 Å². The van der Waals surface area contributed by atoms with Crippen LogP contribution in [0.15, 0.2) is 23.8 Å². The van der Waals surface area contributed by atoms with Crippen LogP contribution in [0.25, 0.3) is 0 Å². The van der Waals surface area contributed by atoms with Gasteiger partial charge in [0.1, 0.15) is 5.78 Å². The maximum atomic E-state index is 11.1. The predicted octanol–water partition coefficient (Wildman–Crippen LogP) is 1.47. The number of nitrogens with zero attached hydrogens (tertiary/aromatic N) is 1. The maximum absolute atomic E-state index is 11.1. The molecule has 1 aliphatic carbocycles. The summed E-state index contributed by atoms with van der Waals surface area (Å²) < 4.78 is 5.44. The standard InChI is InChI=1S/C14H21NO3/c1-11-2-4-12(5-3-11)10-18-14(17)15-8-6-13(16)7-9-15/h2,4-5,11,14,17H,3,6-10H2,1H3. The summed E-state index contributed by atoms with van der Waals surface area (Å²) in [7, 11) is 0. The molecule has 4 nitrogen and oxygen atoms in total. The van der Waals surface area contributed by atoms with E-state index in [1.54, 1.807) is 4.90 Å². The molecule has 1 heterocycles. The molecule has 0 bridgehead atoms. The number of aliphatic hydroxyl groups is 1. The van der Waals surface area contributed by atoms with Crippen LogP contribution in [0.4, 0.5) is 0 Å². The molecule has 4 heteroatoms. The number of Topliss-reactive ketones (excluding diaryl/α,β-unsaturated/α-hetero) is 1. The van der Waals surface area contributed by atoms with E-state index < -0.39 is 6.41 Å². The van der Waals surface area contributed by atoms with Crippen LogP contribution in [0.5, 0.6) is 0 Å². The molecule has 0 spiro atoms. The fourth-order valence-electron chi connectivity index (χ4n) is 2.15. The molecule has 1 N–H and O–H groups in total. The van der Waals surface area contributed by atoms with Gasteiger partial charge in [0.15, 0.2) is 0 Å². The van der Waals surface area contributed by atoms with Crippen molar-refractivity contribution in [2.24, 2.45) is 5.92 Å². The van der Waals surface area contributed by atoms with Crippen LogP contribution in [-0.2, 0) is 9.53 Å². The van der Waals surface area contributed by atoms with Gasteiger partial charge in [-0.05, 0) is 17.9 Å². The Morgan fingerprint density at radius 2 is 2.22 bits per heavy atom. The quantitative estimate of drug-likeness (QED) is 0.769. The molecule has 0 amide bonds. The van der Waals surface area contributed by atoms with Crippen LogP contribution < -0.4 is 0 Å². The van der Waals surface area contributed by atoms with Crippen LogP contribution >= 0.6 is 0 Å². The first-order chi connectivity index (χ1) is 8.65. The van der Waals surface area contributed by atoms with Gasteiger partial charge in [-0.3, -0.25) is 9.69 Å². The number of hydrogen-bond donors (Lipinski definition) is 1. The Hall–Kier alpha value is -0.970. The molecule has 1 fully saturated rings. The third-order valence-electron chi connectivity index (χ3n) is 3.46. The van der Waals surface area contributed by atoms with Crippen molar-refractivity contribution in [3.63, 3.8) is 0 Å². The molecule has 0 aromatic rings. The molecule has 2 atom stereocenters. The lowest BCUT2D eigenvalue weighted by Crippen LogP contribution is -2.43. The van der Waals surface area contributed by atoms with Gasteiger partial charge >= 0.3 is 0 Å². The third kappa shape index (κ3) is 3.77. The fraction of sp³-hybridized carbons (Fsp3) is 0.643. The lowest BCUT2D eigenvalue weighted by Gasteiger charge is -2.30. The van der Waals surface area contributed by atoms with Crippen LogP contribution in [0.2, 0.25) is 0 Å². The smallest absolute Gasteiger partial charge is 0.216 e. The summed E-state index contributed by atoms with van der Waals surface area (Å²) in [5.41, 5.74) is 1.11. The van der Waals surface area contributed by atoms with Crippen molar-refractivity contribution in [1.82, 2.24) is 4.90 Å². The Morgan fingerprint density at radius 1 is 1.50 bits per heavy atom. The van der Waals surface area contributed by atoms with Crippen LogP contribution in [0.1, 0.15) is 26.2 Å². The normalized spacial score (nSPS) is 27.1. The average molecular weight is 251 g/mol. The van der Waals surface area contributed by atoms with Crippen molar-refractivity contribution in [2.45, 2.75) is 32.6 Å². The maximum Gasteiger partial charge on any atom is 0.216 e. The van der Waals surface area contributed by atoms with Crippen LogP contribution in [-0.4, -0.2) is 41.9 Å². The van der Waals surface area contributed by atoms with Crippen molar-refractivity contribution in [1.29, 1.82) is 0 Å². The van der Waals surface area contributed by atoms with E-state index in [2.05, 4.69) is 25.2 Å². The molecule has 100 valence electrons. The van der Waals surface area contributed by atoms with E-state index in [1.165, 1.54) is 0 Å². The Labute approximate surface area is 108 Å². The predicted molar refractivity (Wildman–Crippen MR) is 68.8 cm³/mol. The van der Waals surface area contributed by atoms with E-state index in [0.717, 1.165) is 12.0 Å². The van der Waals surface area contributed by atoms with Gasteiger partial charge in [-0.15, -0.1) is 0 Å². The second-order valence-electron chi connectivity index (χ2n) is 5.06. The number of allylic oxidation sites excluding steroid dienone is 2. The molecular formula is C14H21NO3. The molecule has 18 heavy (non-hydrogen) atoms. The molecule has 1 saturated heterocycles.